The van der Waals surface area contributed by atoms with Gasteiger partial charge in [-0.25, -0.2) is 0 Å². The van der Waals surface area contributed by atoms with Gasteiger partial charge >= 0.3 is 0 Å². The van der Waals surface area contributed by atoms with E-state index in [0.717, 1.165) is 5.56 Å². The Kier molecular flexibility index (Phi) is 9.69. The van der Waals surface area contributed by atoms with Crippen molar-refractivity contribution in [1.82, 2.24) is 10.2 Å². The number of carbonyl (C=O) groups excluding carboxylic acids is 2. The van der Waals surface area contributed by atoms with Crippen molar-refractivity contribution in [3.05, 3.63) is 71.8 Å². The highest BCUT2D eigenvalue weighted by Crippen LogP contribution is 2.17. The topological polar surface area (TPSA) is 75.4 Å². The lowest BCUT2D eigenvalue weighted by Gasteiger charge is -2.26. The van der Waals surface area contributed by atoms with Gasteiger partial charge in [0.1, 0.15) is 6.04 Å². The van der Waals surface area contributed by atoms with Crippen molar-refractivity contribution in [1.29, 1.82) is 0 Å². The van der Waals surface area contributed by atoms with Crippen molar-refractivity contribution < 1.29 is 9.59 Å². The Balaban J connectivity index is 0.00000392. The third-order valence-electron chi connectivity index (χ3n) is 4.72. The third kappa shape index (κ3) is 6.66. The van der Waals surface area contributed by atoms with E-state index in [1.807, 2.05) is 36.4 Å². The zero-order valence-electron chi connectivity index (χ0n) is 16.7. The smallest absolute Gasteiger partial charge is 0.252 e. The number of benzene rings is 2. The van der Waals surface area contributed by atoms with Crippen LogP contribution in [0.3, 0.4) is 0 Å². The second-order valence-corrected chi connectivity index (χ2v) is 7.14. The molecule has 28 heavy (non-hydrogen) atoms. The average Bonchev–Trinajstić information content (AvgIpc) is 2.70. The fourth-order valence-electron chi connectivity index (χ4n) is 2.74. The molecular weight excluding hydrogens is 374 g/mol. The molecule has 0 heterocycles. The van der Waals surface area contributed by atoms with Crippen molar-refractivity contribution in [2.75, 3.05) is 13.6 Å². The fourth-order valence-corrected chi connectivity index (χ4v) is 2.74. The standard InChI is InChI=1S/C22H29N3O2.ClH/c1-16(2)19(23)14-15-25(3)22(27)20(17-10-6-4-7-11-17)24-21(26)18-12-8-5-9-13-18;/h4-13,16,19-20H,14-15,23H2,1-3H3,(H,24,26);1H. The number of nitrogens with one attached hydrogen (secondary N) is 1. The molecule has 0 aliphatic heterocycles. The molecule has 3 N–H and O–H groups in total. The zero-order chi connectivity index (χ0) is 19.8. The number of hydrogen-bond acceptors (Lipinski definition) is 3. The van der Waals surface area contributed by atoms with E-state index < -0.39 is 6.04 Å². The van der Waals surface area contributed by atoms with Crippen LogP contribution < -0.4 is 11.1 Å². The first kappa shape index (κ1) is 23.7. The summed E-state index contributed by atoms with van der Waals surface area (Å²) < 4.78 is 0. The highest BCUT2D eigenvalue weighted by Gasteiger charge is 2.26. The van der Waals surface area contributed by atoms with Crippen molar-refractivity contribution in [2.45, 2.75) is 32.4 Å². The first-order chi connectivity index (χ1) is 12.9. The number of halogens is 1. The largest absolute Gasteiger partial charge is 0.344 e. The van der Waals surface area contributed by atoms with Gasteiger partial charge in [-0.15, -0.1) is 12.4 Å². The Labute approximate surface area is 173 Å². The molecular formula is C22H30ClN3O2. The first-order valence-electron chi connectivity index (χ1n) is 9.31. The maximum atomic E-state index is 13.1. The molecule has 0 aliphatic carbocycles. The molecule has 0 fully saturated rings. The number of rotatable bonds is 8. The number of nitrogens with zero attached hydrogens (tertiary/aromatic N) is 1. The van der Waals surface area contributed by atoms with Gasteiger partial charge in [0.15, 0.2) is 0 Å². The highest BCUT2D eigenvalue weighted by atomic mass is 35.5. The molecule has 0 aromatic heterocycles. The highest BCUT2D eigenvalue weighted by molar-refractivity contribution is 5.97. The van der Waals surface area contributed by atoms with E-state index >= 15 is 0 Å². The molecule has 0 aliphatic rings. The summed E-state index contributed by atoms with van der Waals surface area (Å²) in [5, 5.41) is 2.88. The van der Waals surface area contributed by atoms with Gasteiger partial charge in [-0.1, -0.05) is 62.4 Å². The first-order valence-corrected chi connectivity index (χ1v) is 9.31. The van der Waals surface area contributed by atoms with Crippen molar-refractivity contribution in [3.63, 3.8) is 0 Å². The molecule has 0 saturated carbocycles. The molecule has 5 nitrogen and oxygen atoms in total. The Morgan fingerprint density at radius 2 is 1.54 bits per heavy atom. The minimum absolute atomic E-state index is 0. The summed E-state index contributed by atoms with van der Waals surface area (Å²) in [6, 6.07) is 17.5. The van der Waals surface area contributed by atoms with E-state index in [4.69, 9.17) is 5.73 Å². The van der Waals surface area contributed by atoms with E-state index in [1.165, 1.54) is 0 Å². The summed E-state index contributed by atoms with van der Waals surface area (Å²) in [5.74, 6) is -0.0669. The molecule has 2 rings (SSSR count). The second kappa shape index (κ2) is 11.5. The molecule has 0 bridgehead atoms. The fraction of sp³-hybridized carbons (Fsp3) is 0.364. The van der Waals surface area contributed by atoms with E-state index in [-0.39, 0.29) is 30.3 Å². The number of amides is 2. The van der Waals surface area contributed by atoms with E-state index in [1.54, 1.807) is 36.2 Å². The third-order valence-corrected chi connectivity index (χ3v) is 4.72. The summed E-state index contributed by atoms with van der Waals surface area (Å²) >= 11 is 0. The lowest BCUT2D eigenvalue weighted by Crippen LogP contribution is -2.43. The molecule has 0 radical (unpaired) electrons. The zero-order valence-corrected chi connectivity index (χ0v) is 17.5. The molecule has 2 unspecified atom stereocenters. The van der Waals surface area contributed by atoms with Gasteiger partial charge < -0.3 is 16.0 Å². The van der Waals surface area contributed by atoms with Crippen LogP contribution in [0.2, 0.25) is 0 Å². The summed E-state index contributed by atoms with van der Waals surface area (Å²) in [6.07, 6.45) is 0.716. The van der Waals surface area contributed by atoms with Crippen LogP contribution in [-0.2, 0) is 4.79 Å². The van der Waals surface area contributed by atoms with E-state index in [9.17, 15) is 9.59 Å². The Bertz CT molecular complexity index is 738. The Hall–Kier alpha value is -2.37. The minimum atomic E-state index is -0.737. The van der Waals surface area contributed by atoms with Gasteiger partial charge in [0.2, 0.25) is 5.91 Å². The number of likely N-dealkylation sites (N-methyl/N-ethyl adjacent to an activating group) is 1. The molecule has 152 valence electrons. The quantitative estimate of drug-likeness (QED) is 0.709. The van der Waals surface area contributed by atoms with Crippen LogP contribution in [0.1, 0.15) is 42.2 Å². The van der Waals surface area contributed by atoms with Crippen LogP contribution in [-0.4, -0.2) is 36.3 Å². The number of hydrogen-bond donors (Lipinski definition) is 2. The summed E-state index contributed by atoms with van der Waals surface area (Å²) in [7, 11) is 1.75. The van der Waals surface area contributed by atoms with Crippen molar-refractivity contribution in [2.24, 2.45) is 11.7 Å². The molecule has 0 spiro atoms. The number of carbonyl (C=O) groups is 2. The van der Waals surface area contributed by atoms with Crippen LogP contribution in [0, 0.1) is 5.92 Å². The predicted octanol–water partition coefficient (Wildman–Crippen LogP) is 3.41. The van der Waals surface area contributed by atoms with Gasteiger partial charge in [-0.05, 0) is 30.0 Å². The maximum absolute atomic E-state index is 13.1. The van der Waals surface area contributed by atoms with E-state index in [0.29, 0.717) is 24.4 Å². The average molecular weight is 404 g/mol. The van der Waals surface area contributed by atoms with Gasteiger partial charge in [0, 0.05) is 25.2 Å². The van der Waals surface area contributed by atoms with Crippen molar-refractivity contribution >= 4 is 24.2 Å². The molecule has 2 aromatic rings. The van der Waals surface area contributed by atoms with Crippen LogP contribution >= 0.6 is 12.4 Å². The summed E-state index contributed by atoms with van der Waals surface area (Å²) in [5.41, 5.74) is 7.38. The molecule has 2 amide bonds. The molecule has 6 heteroatoms. The molecule has 2 atom stereocenters. The van der Waals surface area contributed by atoms with Gasteiger partial charge in [-0.2, -0.15) is 0 Å². The summed E-state index contributed by atoms with van der Waals surface area (Å²) in [6.45, 7) is 4.68. The summed E-state index contributed by atoms with van der Waals surface area (Å²) in [4.78, 5) is 27.3. The SMILES string of the molecule is CC(C)C(N)CCN(C)C(=O)C(NC(=O)c1ccccc1)c1ccccc1.Cl. The monoisotopic (exact) mass is 403 g/mol. The molecule has 0 saturated heterocycles. The van der Waals surface area contributed by atoms with Gasteiger partial charge in [0.25, 0.3) is 5.91 Å². The number of nitrogens with two attached hydrogens (primary N) is 1. The Morgan fingerprint density at radius 3 is 2.07 bits per heavy atom. The van der Waals surface area contributed by atoms with E-state index in [2.05, 4.69) is 19.2 Å². The van der Waals surface area contributed by atoms with Gasteiger partial charge in [0.05, 0.1) is 0 Å². The maximum Gasteiger partial charge on any atom is 0.252 e. The normalized spacial score (nSPS) is 12.6. The minimum Gasteiger partial charge on any atom is -0.344 e. The van der Waals surface area contributed by atoms with Crippen LogP contribution in [0.15, 0.2) is 60.7 Å². The van der Waals surface area contributed by atoms with Crippen LogP contribution in [0.4, 0.5) is 0 Å². The lowest BCUT2D eigenvalue weighted by atomic mass is 10.0. The second-order valence-electron chi connectivity index (χ2n) is 7.14. The van der Waals surface area contributed by atoms with Crippen molar-refractivity contribution in [3.8, 4) is 0 Å². The lowest BCUT2D eigenvalue weighted by molar-refractivity contribution is -0.132. The van der Waals surface area contributed by atoms with Crippen LogP contribution in [0.25, 0.3) is 0 Å². The predicted molar refractivity (Wildman–Crippen MR) is 115 cm³/mol. The Morgan fingerprint density at radius 1 is 1.00 bits per heavy atom. The van der Waals surface area contributed by atoms with Gasteiger partial charge in [-0.3, -0.25) is 9.59 Å². The van der Waals surface area contributed by atoms with Crippen LogP contribution in [0.5, 0.6) is 0 Å². The molecule has 2 aromatic carbocycles.